The Morgan fingerprint density at radius 1 is 1.38 bits per heavy atom. The maximum absolute atomic E-state index is 12.5. The highest BCUT2D eigenvalue weighted by Crippen LogP contribution is 2.22. The minimum atomic E-state index is -3.55. The zero-order valence-corrected chi connectivity index (χ0v) is 12.7. The molecule has 1 amide bonds. The van der Waals surface area contributed by atoms with Gasteiger partial charge in [0.05, 0.1) is 25.2 Å². The van der Waals surface area contributed by atoms with Crippen molar-refractivity contribution in [1.29, 1.82) is 0 Å². The fourth-order valence-electron chi connectivity index (χ4n) is 2.08. The van der Waals surface area contributed by atoms with Crippen LogP contribution < -0.4 is 5.32 Å². The highest BCUT2D eigenvalue weighted by atomic mass is 32.2. The molecule has 2 rings (SSSR count). The first-order valence-corrected chi connectivity index (χ1v) is 7.94. The average molecular weight is 314 g/mol. The maximum atomic E-state index is 12.5. The van der Waals surface area contributed by atoms with Crippen LogP contribution in [0.1, 0.15) is 6.92 Å². The lowest BCUT2D eigenvalue weighted by Crippen LogP contribution is -2.46. The molecule has 1 aliphatic heterocycles. The van der Waals surface area contributed by atoms with Gasteiger partial charge in [0.25, 0.3) is 0 Å². The SMILES string of the molecule is COC(=O)Nc1ccc(S(=O)(=O)N2CCOCC2C)cc1. The number of methoxy groups -OCH3 is 1. The standard InChI is InChI=1S/C13H18N2O5S/c1-10-9-20-8-7-15(10)21(17,18)12-5-3-11(4-6-12)14-13(16)19-2/h3-6,10H,7-9H2,1-2H3,(H,14,16). The Kier molecular flexibility index (Phi) is 4.81. The molecule has 1 aliphatic rings. The number of hydrogen-bond donors (Lipinski definition) is 1. The number of benzene rings is 1. The van der Waals surface area contributed by atoms with Crippen LogP contribution in [0.2, 0.25) is 0 Å². The van der Waals surface area contributed by atoms with Crippen molar-refractivity contribution in [3.63, 3.8) is 0 Å². The molecule has 21 heavy (non-hydrogen) atoms. The molecule has 1 aromatic rings. The van der Waals surface area contributed by atoms with Gasteiger partial charge in [0, 0.05) is 18.3 Å². The number of nitrogens with one attached hydrogen (secondary N) is 1. The molecule has 116 valence electrons. The van der Waals surface area contributed by atoms with Crippen LogP contribution in [0.4, 0.5) is 10.5 Å². The molecule has 0 aliphatic carbocycles. The van der Waals surface area contributed by atoms with Crippen molar-refractivity contribution in [2.45, 2.75) is 17.9 Å². The van der Waals surface area contributed by atoms with E-state index in [1.54, 1.807) is 0 Å². The van der Waals surface area contributed by atoms with Crippen molar-refractivity contribution in [3.8, 4) is 0 Å². The van der Waals surface area contributed by atoms with E-state index in [0.717, 1.165) is 0 Å². The van der Waals surface area contributed by atoms with E-state index in [1.165, 1.54) is 35.7 Å². The van der Waals surface area contributed by atoms with Crippen LogP contribution in [0.15, 0.2) is 29.2 Å². The van der Waals surface area contributed by atoms with Gasteiger partial charge in [-0.2, -0.15) is 4.31 Å². The first kappa shape index (κ1) is 15.7. The van der Waals surface area contributed by atoms with E-state index >= 15 is 0 Å². The van der Waals surface area contributed by atoms with E-state index in [-0.39, 0.29) is 10.9 Å². The van der Waals surface area contributed by atoms with Crippen LogP contribution in [0, 0.1) is 0 Å². The molecular weight excluding hydrogens is 296 g/mol. The molecule has 1 N–H and O–H groups in total. The Labute approximate surface area is 123 Å². The molecular formula is C13H18N2O5S. The van der Waals surface area contributed by atoms with Gasteiger partial charge in [-0.25, -0.2) is 13.2 Å². The van der Waals surface area contributed by atoms with Gasteiger partial charge in [0.15, 0.2) is 0 Å². The number of anilines is 1. The zero-order valence-electron chi connectivity index (χ0n) is 11.9. The second kappa shape index (κ2) is 6.42. The molecule has 1 heterocycles. The van der Waals surface area contributed by atoms with Crippen molar-refractivity contribution < 1.29 is 22.7 Å². The van der Waals surface area contributed by atoms with Crippen LogP contribution in [0.5, 0.6) is 0 Å². The van der Waals surface area contributed by atoms with E-state index < -0.39 is 16.1 Å². The van der Waals surface area contributed by atoms with Crippen LogP contribution in [0.3, 0.4) is 0 Å². The van der Waals surface area contributed by atoms with E-state index in [0.29, 0.717) is 25.4 Å². The molecule has 0 radical (unpaired) electrons. The number of sulfonamides is 1. The first-order valence-electron chi connectivity index (χ1n) is 6.50. The number of rotatable bonds is 3. The molecule has 0 aromatic heterocycles. The Balaban J connectivity index is 2.18. The second-order valence-corrected chi connectivity index (χ2v) is 6.57. The summed E-state index contributed by atoms with van der Waals surface area (Å²) in [7, 11) is -2.29. The second-order valence-electron chi connectivity index (χ2n) is 4.68. The van der Waals surface area contributed by atoms with Crippen LogP contribution in [-0.2, 0) is 19.5 Å². The van der Waals surface area contributed by atoms with Crippen molar-refractivity contribution in [3.05, 3.63) is 24.3 Å². The summed E-state index contributed by atoms with van der Waals surface area (Å²) in [6, 6.07) is 5.77. The summed E-state index contributed by atoms with van der Waals surface area (Å²) in [6.07, 6.45) is -0.604. The third-order valence-corrected chi connectivity index (χ3v) is 5.23. The number of nitrogens with zero attached hydrogens (tertiary/aromatic N) is 1. The lowest BCUT2D eigenvalue weighted by atomic mass is 10.3. The minimum absolute atomic E-state index is 0.187. The highest BCUT2D eigenvalue weighted by molar-refractivity contribution is 7.89. The normalized spacial score (nSPS) is 20.0. The highest BCUT2D eigenvalue weighted by Gasteiger charge is 2.31. The predicted molar refractivity (Wildman–Crippen MR) is 76.6 cm³/mol. The lowest BCUT2D eigenvalue weighted by molar-refractivity contribution is 0.0393. The van der Waals surface area contributed by atoms with Gasteiger partial charge < -0.3 is 9.47 Å². The molecule has 1 saturated heterocycles. The fourth-order valence-corrected chi connectivity index (χ4v) is 3.68. The molecule has 0 saturated carbocycles. The van der Waals surface area contributed by atoms with Crippen molar-refractivity contribution in [1.82, 2.24) is 4.31 Å². The topological polar surface area (TPSA) is 84.9 Å². The minimum Gasteiger partial charge on any atom is -0.453 e. The van der Waals surface area contributed by atoms with Crippen LogP contribution in [-0.4, -0.2) is 51.7 Å². The third kappa shape index (κ3) is 3.52. The Morgan fingerprint density at radius 3 is 2.62 bits per heavy atom. The fraction of sp³-hybridized carbons (Fsp3) is 0.462. The summed E-state index contributed by atoms with van der Waals surface area (Å²) in [4.78, 5) is 11.3. The van der Waals surface area contributed by atoms with E-state index in [1.807, 2.05) is 6.92 Å². The quantitative estimate of drug-likeness (QED) is 0.908. The van der Waals surface area contributed by atoms with Gasteiger partial charge in [-0.1, -0.05) is 0 Å². The average Bonchev–Trinajstić information content (AvgIpc) is 2.48. The molecule has 1 aromatic carbocycles. The van der Waals surface area contributed by atoms with Gasteiger partial charge in [0.1, 0.15) is 0 Å². The summed E-state index contributed by atoms with van der Waals surface area (Å²) < 4.78 is 36.2. The zero-order chi connectivity index (χ0) is 15.5. The molecule has 1 unspecified atom stereocenters. The largest absolute Gasteiger partial charge is 0.453 e. The van der Waals surface area contributed by atoms with Gasteiger partial charge >= 0.3 is 6.09 Å². The number of carbonyl (C=O) groups is 1. The Hall–Kier alpha value is -1.64. The number of carbonyl (C=O) groups excluding carboxylic acids is 1. The number of hydrogen-bond acceptors (Lipinski definition) is 5. The van der Waals surface area contributed by atoms with Gasteiger partial charge in [-0.3, -0.25) is 5.32 Å². The van der Waals surface area contributed by atoms with E-state index in [2.05, 4.69) is 10.1 Å². The summed E-state index contributed by atoms with van der Waals surface area (Å²) >= 11 is 0. The predicted octanol–water partition coefficient (Wildman–Crippen LogP) is 1.27. The molecule has 7 nitrogen and oxygen atoms in total. The van der Waals surface area contributed by atoms with Crippen molar-refractivity contribution >= 4 is 21.8 Å². The maximum Gasteiger partial charge on any atom is 0.411 e. The first-order chi connectivity index (χ1) is 9.95. The summed E-state index contributed by atoms with van der Waals surface area (Å²) in [6.45, 7) is 2.93. The van der Waals surface area contributed by atoms with Crippen LogP contribution >= 0.6 is 0 Å². The molecule has 8 heteroatoms. The molecule has 1 atom stereocenters. The third-order valence-electron chi connectivity index (χ3n) is 3.20. The van der Waals surface area contributed by atoms with Crippen molar-refractivity contribution in [2.24, 2.45) is 0 Å². The Morgan fingerprint density at radius 2 is 2.05 bits per heavy atom. The smallest absolute Gasteiger partial charge is 0.411 e. The van der Waals surface area contributed by atoms with Gasteiger partial charge in [-0.05, 0) is 31.2 Å². The lowest BCUT2D eigenvalue weighted by Gasteiger charge is -2.32. The molecule has 0 spiro atoms. The molecule has 1 fully saturated rings. The number of amides is 1. The molecule has 0 bridgehead atoms. The van der Waals surface area contributed by atoms with E-state index in [9.17, 15) is 13.2 Å². The van der Waals surface area contributed by atoms with Crippen LogP contribution in [0.25, 0.3) is 0 Å². The number of morpholine rings is 1. The monoisotopic (exact) mass is 314 g/mol. The Bertz CT molecular complexity index is 599. The van der Waals surface area contributed by atoms with Crippen molar-refractivity contribution in [2.75, 3.05) is 32.2 Å². The summed E-state index contributed by atoms with van der Waals surface area (Å²) in [5.41, 5.74) is 0.468. The van der Waals surface area contributed by atoms with Gasteiger partial charge in [0.2, 0.25) is 10.0 Å². The van der Waals surface area contributed by atoms with Gasteiger partial charge in [-0.15, -0.1) is 0 Å². The summed E-state index contributed by atoms with van der Waals surface area (Å²) in [5.74, 6) is 0. The summed E-state index contributed by atoms with van der Waals surface area (Å²) in [5, 5.41) is 2.47. The van der Waals surface area contributed by atoms with E-state index in [4.69, 9.17) is 4.74 Å². The number of ether oxygens (including phenoxy) is 2.